The molecule has 0 aliphatic heterocycles. The number of alkyl halides is 3. The van der Waals surface area contributed by atoms with Crippen LogP contribution in [0.15, 0.2) is 35.1 Å². The van der Waals surface area contributed by atoms with Crippen molar-refractivity contribution in [1.82, 2.24) is 4.91 Å². The monoisotopic (exact) mass is 274 g/mol. The van der Waals surface area contributed by atoms with Gasteiger partial charge in [-0.1, -0.05) is 12.1 Å². The first-order chi connectivity index (χ1) is 8.81. The highest BCUT2D eigenvalue weighted by atomic mass is 19.4. The van der Waals surface area contributed by atoms with Crippen molar-refractivity contribution < 1.29 is 27.8 Å². The Kier molecular flexibility index (Phi) is 4.38. The highest BCUT2D eigenvalue weighted by molar-refractivity contribution is 5.91. The van der Waals surface area contributed by atoms with Crippen molar-refractivity contribution in [2.75, 3.05) is 0 Å². The zero-order valence-electron chi connectivity index (χ0n) is 9.18. The molecule has 0 saturated heterocycles. The maximum absolute atomic E-state index is 11.9. The van der Waals surface area contributed by atoms with Crippen LogP contribution < -0.4 is 9.65 Å². The second kappa shape index (κ2) is 5.78. The van der Waals surface area contributed by atoms with Crippen LogP contribution in [0.2, 0.25) is 0 Å². The van der Waals surface area contributed by atoms with Gasteiger partial charge in [0.15, 0.2) is 5.11 Å². The fourth-order valence-corrected chi connectivity index (χ4v) is 1.11. The van der Waals surface area contributed by atoms with Crippen molar-refractivity contribution in [3.8, 4) is 5.75 Å². The first kappa shape index (κ1) is 14.4. The number of halogens is 3. The molecule has 9 heteroatoms. The predicted octanol–water partition coefficient (Wildman–Crippen LogP) is 2.56. The lowest BCUT2D eigenvalue weighted by Crippen LogP contribution is -2.16. The fraction of sp³-hybridized carbons (Fsp3) is 0.100. The smallest absolute Gasteiger partial charge is 0.476 e. The van der Waals surface area contributed by atoms with E-state index in [1.54, 1.807) is 0 Å². The van der Waals surface area contributed by atoms with Gasteiger partial charge in [0.2, 0.25) is 10.6 Å². The van der Waals surface area contributed by atoms with Crippen molar-refractivity contribution in [1.29, 1.82) is 5.53 Å². The van der Waals surface area contributed by atoms with Gasteiger partial charge in [-0.2, -0.15) is 0 Å². The van der Waals surface area contributed by atoms with E-state index >= 15 is 0 Å². The van der Waals surface area contributed by atoms with Gasteiger partial charge < -0.3 is 9.84 Å². The average molecular weight is 274 g/mol. The van der Waals surface area contributed by atoms with Gasteiger partial charge in [0.05, 0.1) is 0 Å². The minimum atomic E-state index is -4.79. The number of hydrogen-bond acceptors (Lipinski definition) is 4. The quantitative estimate of drug-likeness (QED) is 0.501. The Hall–Kier alpha value is -2.67. The summed E-state index contributed by atoms with van der Waals surface area (Å²) in [5, 5.41) is 11.7. The molecule has 0 fully saturated rings. The van der Waals surface area contributed by atoms with Crippen molar-refractivity contribution in [2.45, 2.75) is 6.36 Å². The van der Waals surface area contributed by atoms with Crippen LogP contribution in [0.3, 0.4) is 0 Å². The summed E-state index contributed by atoms with van der Waals surface area (Å²) < 4.78 is 39.3. The lowest BCUT2D eigenvalue weighted by atomic mass is 10.2. The first-order valence-electron chi connectivity index (χ1n) is 4.70. The molecule has 0 heterocycles. The summed E-state index contributed by atoms with van der Waals surface area (Å²) in [7, 11) is 0. The van der Waals surface area contributed by atoms with Crippen LogP contribution in [0.5, 0.6) is 5.75 Å². The molecule has 6 nitrogen and oxygen atoms in total. The molecule has 0 saturated carbocycles. The van der Waals surface area contributed by atoms with Gasteiger partial charge in [0.1, 0.15) is 11.3 Å². The van der Waals surface area contributed by atoms with E-state index in [0.29, 0.717) is 0 Å². The summed E-state index contributed by atoms with van der Waals surface area (Å²) in [4.78, 5) is 13.2. The van der Waals surface area contributed by atoms with Gasteiger partial charge in [0.25, 0.3) is 0 Å². The second-order valence-electron chi connectivity index (χ2n) is 3.15. The SMILES string of the molecule is N=[N+]=NC(=Cc1ccc(OC(F)(F)F)cc1)C(=O)O. The maximum Gasteiger partial charge on any atom is 0.573 e. The van der Waals surface area contributed by atoms with E-state index in [-0.39, 0.29) is 5.56 Å². The zero-order chi connectivity index (χ0) is 14.5. The van der Waals surface area contributed by atoms with Gasteiger partial charge in [-0.15, -0.1) is 13.2 Å². The largest absolute Gasteiger partial charge is 0.573 e. The highest BCUT2D eigenvalue weighted by Gasteiger charge is 2.30. The van der Waals surface area contributed by atoms with Gasteiger partial charge in [-0.05, 0) is 23.8 Å². The Morgan fingerprint density at radius 2 is 1.95 bits per heavy atom. The minimum absolute atomic E-state index is 0.277. The van der Waals surface area contributed by atoms with Gasteiger partial charge in [-0.3, -0.25) is 0 Å². The number of benzene rings is 1. The first-order valence-corrected chi connectivity index (χ1v) is 4.70. The molecule has 0 atom stereocenters. The summed E-state index contributed by atoms with van der Waals surface area (Å²) >= 11 is 0. The Morgan fingerprint density at radius 1 is 1.37 bits per heavy atom. The van der Waals surface area contributed by atoms with E-state index in [9.17, 15) is 18.0 Å². The van der Waals surface area contributed by atoms with Crippen LogP contribution in [-0.2, 0) is 4.79 Å². The van der Waals surface area contributed by atoms with Crippen LogP contribution in [-0.4, -0.2) is 17.4 Å². The molecule has 0 aliphatic rings. The number of aliphatic carboxylic acids is 1. The Bertz CT molecular complexity index is 541. The molecule has 1 aromatic rings. The van der Waals surface area contributed by atoms with Gasteiger partial charge in [0, 0.05) is 0 Å². The molecule has 0 radical (unpaired) electrons. The highest BCUT2D eigenvalue weighted by Crippen LogP contribution is 2.23. The number of carboxylic acids is 1. The van der Waals surface area contributed by atoms with Crippen molar-refractivity contribution >= 4 is 12.0 Å². The molecular weight excluding hydrogens is 267 g/mol. The minimum Gasteiger partial charge on any atom is -0.476 e. The standard InChI is InChI=1S/C10H6F3N3O3/c11-10(12,13)19-7-3-1-6(2-4-7)5-8(9(17)18)15-16-14/h1-5,14H/p+1. The molecular formula is C10H7F3N3O3+. The molecule has 0 bridgehead atoms. The molecule has 100 valence electrons. The Labute approximate surface area is 104 Å². The average Bonchev–Trinajstić information content (AvgIpc) is 2.29. The number of rotatable bonds is 4. The second-order valence-corrected chi connectivity index (χ2v) is 3.15. The third-order valence-electron chi connectivity index (χ3n) is 1.79. The number of carboxylic acid groups (broad SMARTS) is 1. The van der Waals surface area contributed by atoms with E-state index < -0.39 is 23.8 Å². The third-order valence-corrected chi connectivity index (χ3v) is 1.79. The molecule has 0 aromatic heterocycles. The summed E-state index contributed by atoms with van der Waals surface area (Å²) in [5.74, 6) is -1.84. The fourth-order valence-electron chi connectivity index (χ4n) is 1.11. The Balaban J connectivity index is 2.95. The topological polar surface area (TPSA) is 96.8 Å². The van der Waals surface area contributed by atoms with E-state index in [1.165, 1.54) is 12.1 Å². The number of hydrogen-bond donors (Lipinski definition) is 2. The molecule has 1 rings (SSSR count). The summed E-state index contributed by atoms with van der Waals surface area (Å²) in [6.07, 6.45) is -3.74. The summed E-state index contributed by atoms with van der Waals surface area (Å²) in [6, 6.07) is 4.47. The van der Waals surface area contributed by atoms with Crippen LogP contribution in [0.25, 0.3) is 6.08 Å². The van der Waals surface area contributed by atoms with Crippen LogP contribution in [0.4, 0.5) is 13.2 Å². The van der Waals surface area contributed by atoms with E-state index in [4.69, 9.17) is 10.6 Å². The van der Waals surface area contributed by atoms with Gasteiger partial charge in [-0.25, -0.2) is 4.79 Å². The molecule has 0 spiro atoms. The van der Waals surface area contributed by atoms with Crippen molar-refractivity contribution in [3.05, 3.63) is 35.5 Å². The van der Waals surface area contributed by atoms with E-state index in [2.05, 4.69) is 14.8 Å². The van der Waals surface area contributed by atoms with Crippen molar-refractivity contribution in [3.63, 3.8) is 0 Å². The maximum atomic E-state index is 11.9. The number of nitrogens with zero attached hydrogens (tertiary/aromatic N) is 2. The van der Waals surface area contributed by atoms with Crippen molar-refractivity contribution in [2.24, 2.45) is 5.11 Å². The zero-order valence-corrected chi connectivity index (χ0v) is 9.18. The van der Waals surface area contributed by atoms with Crippen LogP contribution in [0.1, 0.15) is 5.56 Å². The normalized spacial score (nSPS) is 11.6. The predicted molar refractivity (Wildman–Crippen MR) is 56.0 cm³/mol. The van der Waals surface area contributed by atoms with E-state index in [0.717, 1.165) is 18.2 Å². The summed E-state index contributed by atoms with van der Waals surface area (Å²) in [5.41, 5.74) is 6.20. The third kappa shape index (κ3) is 5.00. The van der Waals surface area contributed by atoms with E-state index in [1.807, 2.05) is 0 Å². The Morgan fingerprint density at radius 3 is 2.37 bits per heavy atom. The number of nitrogens with one attached hydrogen (secondary N) is 1. The van der Waals surface area contributed by atoms with Crippen LogP contribution >= 0.6 is 0 Å². The summed E-state index contributed by atoms with van der Waals surface area (Å²) in [6.45, 7) is 0. The lowest BCUT2D eigenvalue weighted by molar-refractivity contribution is -0.274. The lowest BCUT2D eigenvalue weighted by Gasteiger charge is -2.08. The number of ether oxygens (including phenoxy) is 1. The molecule has 0 unspecified atom stereocenters. The van der Waals surface area contributed by atoms with Gasteiger partial charge >= 0.3 is 12.3 Å². The van der Waals surface area contributed by atoms with Crippen LogP contribution in [0, 0.1) is 5.53 Å². The molecule has 19 heavy (non-hydrogen) atoms. The molecule has 0 aliphatic carbocycles. The number of carbonyl (C=O) groups is 1. The molecule has 2 N–H and O–H groups in total. The molecule has 0 amide bonds. The molecule has 1 aromatic carbocycles.